The highest BCUT2D eigenvalue weighted by Crippen LogP contribution is 2.17. The fraction of sp³-hybridized carbons (Fsp3) is 0.977. The van der Waals surface area contributed by atoms with E-state index in [2.05, 4.69) is 19.2 Å². The number of rotatable bonds is 41. The minimum Gasteiger partial charge on any atom is -0.394 e. The Morgan fingerprint density at radius 2 is 0.680 bits per heavy atom. The van der Waals surface area contributed by atoms with Gasteiger partial charge in [-0.05, 0) is 12.8 Å². The van der Waals surface area contributed by atoms with Crippen LogP contribution >= 0.6 is 0 Å². The summed E-state index contributed by atoms with van der Waals surface area (Å²) in [7, 11) is 0. The van der Waals surface area contributed by atoms with Crippen molar-refractivity contribution in [3.63, 3.8) is 0 Å². The molecular weight excluding hydrogens is 622 g/mol. The van der Waals surface area contributed by atoms with Crippen LogP contribution in [0.5, 0.6) is 0 Å². The maximum Gasteiger partial charge on any atom is 0.249 e. The van der Waals surface area contributed by atoms with Crippen LogP contribution in [0.2, 0.25) is 0 Å². The molecule has 0 heterocycles. The van der Waals surface area contributed by atoms with Gasteiger partial charge in [0.2, 0.25) is 5.91 Å². The molecule has 0 aromatic heterocycles. The van der Waals surface area contributed by atoms with Crippen LogP contribution in [-0.4, -0.2) is 57.3 Å². The molecular formula is C44H89NO5. The van der Waals surface area contributed by atoms with Crippen LogP contribution < -0.4 is 5.32 Å². The lowest BCUT2D eigenvalue weighted by atomic mass is 9.99. The lowest BCUT2D eigenvalue weighted by Gasteiger charge is -2.27. The summed E-state index contributed by atoms with van der Waals surface area (Å²) in [6.45, 7) is 4.06. The van der Waals surface area contributed by atoms with Gasteiger partial charge < -0.3 is 25.7 Å². The van der Waals surface area contributed by atoms with Crippen LogP contribution in [0.3, 0.4) is 0 Å². The number of aliphatic hydroxyl groups is 4. The van der Waals surface area contributed by atoms with E-state index in [4.69, 9.17) is 0 Å². The largest absolute Gasteiger partial charge is 0.394 e. The Labute approximate surface area is 311 Å². The molecule has 0 saturated heterocycles. The van der Waals surface area contributed by atoms with Crippen molar-refractivity contribution in [1.29, 1.82) is 0 Å². The van der Waals surface area contributed by atoms with Gasteiger partial charge in [0.15, 0.2) is 0 Å². The number of hydrogen-bond acceptors (Lipinski definition) is 5. The first-order valence-electron chi connectivity index (χ1n) is 22.4. The summed E-state index contributed by atoms with van der Waals surface area (Å²) in [4.78, 5) is 12.5. The molecule has 50 heavy (non-hydrogen) atoms. The SMILES string of the molecule is CCCCCCCCCCCCCCCCCCCCCCCC[C@H](O)C(=O)N[C@@H](CO)[C@H](O)[C@H](O)CCCCCCCCCCCCCC. The van der Waals surface area contributed by atoms with Crippen molar-refractivity contribution < 1.29 is 25.2 Å². The lowest BCUT2D eigenvalue weighted by molar-refractivity contribution is -0.132. The molecule has 300 valence electrons. The number of amides is 1. The molecule has 6 heteroatoms. The fourth-order valence-electron chi connectivity index (χ4n) is 7.23. The molecule has 0 radical (unpaired) electrons. The summed E-state index contributed by atoms with van der Waals surface area (Å²) >= 11 is 0. The molecule has 0 fully saturated rings. The molecule has 1 amide bonds. The molecule has 0 saturated carbocycles. The van der Waals surface area contributed by atoms with E-state index in [1.54, 1.807) is 0 Å². The molecule has 5 N–H and O–H groups in total. The van der Waals surface area contributed by atoms with Crippen molar-refractivity contribution in [3.05, 3.63) is 0 Å². The highest BCUT2D eigenvalue weighted by atomic mass is 16.3. The van der Waals surface area contributed by atoms with Crippen molar-refractivity contribution in [2.75, 3.05) is 6.61 Å². The van der Waals surface area contributed by atoms with Gasteiger partial charge in [-0.1, -0.05) is 232 Å². The van der Waals surface area contributed by atoms with E-state index in [1.165, 1.54) is 180 Å². The third-order valence-corrected chi connectivity index (χ3v) is 10.8. The van der Waals surface area contributed by atoms with Crippen LogP contribution in [0.15, 0.2) is 0 Å². The van der Waals surface area contributed by atoms with Crippen molar-refractivity contribution in [2.24, 2.45) is 0 Å². The van der Waals surface area contributed by atoms with Crippen LogP contribution in [0.25, 0.3) is 0 Å². The topological polar surface area (TPSA) is 110 Å². The maximum atomic E-state index is 12.5. The van der Waals surface area contributed by atoms with Gasteiger partial charge in [0, 0.05) is 0 Å². The second kappa shape index (κ2) is 39.5. The Morgan fingerprint density at radius 1 is 0.420 bits per heavy atom. The predicted octanol–water partition coefficient (Wildman–Crippen LogP) is 11.6. The Hall–Kier alpha value is -0.690. The monoisotopic (exact) mass is 712 g/mol. The van der Waals surface area contributed by atoms with Gasteiger partial charge in [0.25, 0.3) is 0 Å². The highest BCUT2D eigenvalue weighted by Gasteiger charge is 2.28. The van der Waals surface area contributed by atoms with E-state index in [-0.39, 0.29) is 0 Å². The first kappa shape index (κ1) is 49.3. The quantitative estimate of drug-likeness (QED) is 0.0406. The second-order valence-corrected chi connectivity index (χ2v) is 15.8. The van der Waals surface area contributed by atoms with E-state index in [0.29, 0.717) is 12.8 Å². The number of carbonyl (C=O) groups is 1. The Morgan fingerprint density at radius 3 is 0.960 bits per heavy atom. The lowest BCUT2D eigenvalue weighted by Crippen LogP contribution is -2.53. The molecule has 4 atom stereocenters. The number of carbonyl (C=O) groups excluding carboxylic acids is 1. The third-order valence-electron chi connectivity index (χ3n) is 10.8. The van der Waals surface area contributed by atoms with Crippen molar-refractivity contribution in [3.8, 4) is 0 Å². The maximum absolute atomic E-state index is 12.5. The first-order chi connectivity index (χ1) is 24.5. The molecule has 0 rings (SSSR count). The summed E-state index contributed by atoms with van der Waals surface area (Å²) in [5.41, 5.74) is 0. The Kier molecular flexibility index (Phi) is 39.0. The molecule has 0 aliphatic rings. The highest BCUT2D eigenvalue weighted by molar-refractivity contribution is 5.80. The summed E-state index contributed by atoms with van der Waals surface area (Å²) in [6, 6.07) is -0.978. The molecule has 0 aliphatic heterocycles. The normalized spacial score (nSPS) is 14.1. The van der Waals surface area contributed by atoms with Gasteiger partial charge in [-0.15, -0.1) is 0 Å². The van der Waals surface area contributed by atoms with Gasteiger partial charge in [-0.25, -0.2) is 0 Å². The summed E-state index contributed by atoms with van der Waals surface area (Å²) in [6.07, 6.45) is 41.4. The minimum absolute atomic E-state index is 0.376. The van der Waals surface area contributed by atoms with Gasteiger partial charge in [0.1, 0.15) is 12.2 Å². The molecule has 0 aromatic rings. The van der Waals surface area contributed by atoms with E-state index < -0.39 is 36.9 Å². The third kappa shape index (κ3) is 33.2. The first-order valence-corrected chi connectivity index (χ1v) is 22.4. The van der Waals surface area contributed by atoms with Gasteiger partial charge in [-0.2, -0.15) is 0 Å². The minimum atomic E-state index is -1.25. The molecule has 0 bridgehead atoms. The van der Waals surface area contributed by atoms with E-state index >= 15 is 0 Å². The van der Waals surface area contributed by atoms with Crippen LogP contribution in [0, 0.1) is 0 Å². The molecule has 0 unspecified atom stereocenters. The molecule has 6 nitrogen and oxygen atoms in total. The predicted molar refractivity (Wildman–Crippen MR) is 215 cm³/mol. The molecule has 0 aromatic carbocycles. The molecule has 0 aliphatic carbocycles. The average Bonchev–Trinajstić information content (AvgIpc) is 3.12. The zero-order valence-corrected chi connectivity index (χ0v) is 33.7. The van der Waals surface area contributed by atoms with Crippen molar-refractivity contribution in [1.82, 2.24) is 5.32 Å². The number of hydrogen-bond donors (Lipinski definition) is 5. The smallest absolute Gasteiger partial charge is 0.249 e. The fourth-order valence-corrected chi connectivity index (χ4v) is 7.23. The summed E-state index contributed by atoms with van der Waals surface area (Å²) in [5, 5.41) is 43.6. The van der Waals surface area contributed by atoms with Gasteiger partial charge >= 0.3 is 0 Å². The van der Waals surface area contributed by atoms with Crippen LogP contribution in [0.1, 0.15) is 245 Å². The number of unbranched alkanes of at least 4 members (excludes halogenated alkanes) is 32. The number of aliphatic hydroxyl groups excluding tert-OH is 4. The van der Waals surface area contributed by atoms with Crippen LogP contribution in [-0.2, 0) is 4.79 Å². The van der Waals surface area contributed by atoms with Crippen molar-refractivity contribution >= 4 is 5.91 Å². The van der Waals surface area contributed by atoms with Gasteiger partial charge in [-0.3, -0.25) is 4.79 Å². The molecule has 0 spiro atoms. The second-order valence-electron chi connectivity index (χ2n) is 15.8. The van der Waals surface area contributed by atoms with Crippen molar-refractivity contribution in [2.45, 2.75) is 269 Å². The van der Waals surface area contributed by atoms with Gasteiger partial charge in [0.05, 0.1) is 18.8 Å². The average molecular weight is 712 g/mol. The summed E-state index contributed by atoms with van der Waals surface area (Å²) in [5.74, 6) is -0.579. The summed E-state index contributed by atoms with van der Waals surface area (Å²) < 4.78 is 0. The van der Waals surface area contributed by atoms with E-state index in [1.807, 2.05) is 0 Å². The van der Waals surface area contributed by atoms with E-state index in [0.717, 1.165) is 38.5 Å². The number of nitrogens with one attached hydrogen (secondary N) is 1. The zero-order chi connectivity index (χ0) is 36.8. The standard InChI is InChI=1S/C44H89NO5/c1-3-5-7-9-11-13-15-17-18-19-20-21-22-23-24-25-26-28-30-32-34-36-38-42(48)44(50)45-40(39-46)43(49)41(47)37-35-33-31-29-27-16-14-12-10-8-6-4-2/h40-43,46-49H,3-39H2,1-2H3,(H,45,50)/t40-,41+,42-,43-/m0/s1. The zero-order valence-electron chi connectivity index (χ0n) is 33.7. The Balaban J connectivity index is 3.65. The Bertz CT molecular complexity index is 677. The van der Waals surface area contributed by atoms with E-state index in [9.17, 15) is 25.2 Å². The van der Waals surface area contributed by atoms with Crippen LogP contribution in [0.4, 0.5) is 0 Å².